The lowest BCUT2D eigenvalue weighted by atomic mass is 9.98. The fourth-order valence-electron chi connectivity index (χ4n) is 5.80. The highest BCUT2D eigenvalue weighted by molar-refractivity contribution is 6.76. The van der Waals surface area contributed by atoms with Crippen molar-refractivity contribution in [1.29, 1.82) is 0 Å². The molecule has 3 heterocycles. The second kappa shape index (κ2) is 13.2. The fraction of sp³-hybridized carbons (Fsp3) is 0.469. The van der Waals surface area contributed by atoms with Crippen molar-refractivity contribution >= 4 is 36.7 Å². The number of piperidine rings is 1. The molecule has 11 nitrogen and oxygen atoms in total. The summed E-state index contributed by atoms with van der Waals surface area (Å²) in [5.74, 6) is 0.369. The molecule has 45 heavy (non-hydrogen) atoms. The highest BCUT2D eigenvalue weighted by atomic mass is 35.5. The maximum atomic E-state index is 13.7. The third kappa shape index (κ3) is 7.33. The molecular weight excluding hydrogens is 612 g/mol. The molecular formula is C32H41ClN6O5Si. The first-order chi connectivity index (χ1) is 21.3. The smallest absolute Gasteiger partial charge is 0.409 e. The number of ether oxygens (including phenoxy) is 2. The van der Waals surface area contributed by atoms with Crippen LogP contribution in [0.1, 0.15) is 36.8 Å². The van der Waals surface area contributed by atoms with E-state index in [0.717, 1.165) is 45.8 Å². The van der Waals surface area contributed by atoms with Gasteiger partial charge in [-0.1, -0.05) is 60.6 Å². The van der Waals surface area contributed by atoms with E-state index in [1.165, 1.54) is 7.05 Å². The van der Waals surface area contributed by atoms with Gasteiger partial charge in [-0.3, -0.25) is 4.79 Å². The predicted molar refractivity (Wildman–Crippen MR) is 179 cm³/mol. The molecule has 13 heteroatoms. The lowest BCUT2D eigenvalue weighted by Gasteiger charge is -2.35. The second-order valence-corrected chi connectivity index (χ2v) is 19.1. The van der Waals surface area contributed by atoms with Crippen molar-refractivity contribution in [1.82, 2.24) is 29.7 Å². The molecule has 0 aliphatic carbocycles. The third-order valence-corrected chi connectivity index (χ3v) is 10.1. The number of benzene rings is 2. The Labute approximate surface area is 268 Å². The van der Waals surface area contributed by atoms with Gasteiger partial charge in [0.2, 0.25) is 0 Å². The lowest BCUT2D eigenvalue weighted by molar-refractivity contribution is 0.0701. The SMILES string of the molecule is Cc1cc(C)cc(-c2c(OCCC3CCCCN3C(=O)OCC[Si](C)(C)C)c3cc(-n4nnn(C)c4=O)c(Cl)cc3[nH]c2=O)c1. The minimum Gasteiger partial charge on any atom is -0.492 e. The van der Waals surface area contributed by atoms with Crippen molar-refractivity contribution in [2.75, 3.05) is 19.8 Å². The zero-order chi connectivity index (χ0) is 32.5. The van der Waals surface area contributed by atoms with Crippen molar-refractivity contribution in [2.45, 2.75) is 71.3 Å². The van der Waals surface area contributed by atoms with E-state index >= 15 is 0 Å². The molecule has 1 aliphatic heterocycles. The summed E-state index contributed by atoms with van der Waals surface area (Å²) >= 11 is 6.59. The Kier molecular flexibility index (Phi) is 9.54. The van der Waals surface area contributed by atoms with Gasteiger partial charge in [0.15, 0.2) is 0 Å². The third-order valence-electron chi connectivity index (χ3n) is 8.13. The topological polar surface area (TPSA) is 124 Å². The largest absolute Gasteiger partial charge is 0.492 e. The number of aromatic nitrogens is 5. The normalized spacial score (nSPS) is 15.4. The van der Waals surface area contributed by atoms with E-state index < -0.39 is 13.8 Å². The minimum atomic E-state index is -1.33. The number of pyridine rings is 1. The number of H-pyrrole nitrogens is 1. The molecule has 1 fully saturated rings. The van der Waals surface area contributed by atoms with Crippen LogP contribution in [0.5, 0.6) is 5.75 Å². The lowest BCUT2D eigenvalue weighted by Crippen LogP contribution is -2.45. The van der Waals surface area contributed by atoms with Crippen LogP contribution in [-0.4, -0.2) is 69.6 Å². The summed E-state index contributed by atoms with van der Waals surface area (Å²) in [5, 5.41) is 8.56. The molecule has 240 valence electrons. The maximum absolute atomic E-state index is 13.7. The second-order valence-electron chi connectivity index (χ2n) is 13.1. The molecule has 1 amide bonds. The van der Waals surface area contributed by atoms with Crippen LogP contribution in [0.2, 0.25) is 30.7 Å². The first-order valence-corrected chi connectivity index (χ1v) is 19.4. The van der Waals surface area contributed by atoms with Crippen LogP contribution in [0.15, 0.2) is 39.9 Å². The van der Waals surface area contributed by atoms with E-state index in [4.69, 9.17) is 21.1 Å². The van der Waals surface area contributed by atoms with Gasteiger partial charge in [0, 0.05) is 39.5 Å². The summed E-state index contributed by atoms with van der Waals surface area (Å²) in [4.78, 5) is 44.2. The zero-order valence-electron chi connectivity index (χ0n) is 26.8. The van der Waals surface area contributed by atoms with Crippen LogP contribution in [0.25, 0.3) is 27.7 Å². The molecule has 2 aromatic carbocycles. The molecule has 4 aromatic rings. The number of tetrazole rings is 1. The number of carbonyl (C=O) groups is 1. The fourth-order valence-corrected chi connectivity index (χ4v) is 6.76. The summed E-state index contributed by atoms with van der Waals surface area (Å²) in [6, 6.07) is 10.1. The van der Waals surface area contributed by atoms with Gasteiger partial charge in [-0.25, -0.2) is 9.59 Å². The molecule has 1 unspecified atom stereocenters. The Morgan fingerprint density at radius 3 is 2.44 bits per heavy atom. The Morgan fingerprint density at radius 2 is 1.78 bits per heavy atom. The van der Waals surface area contributed by atoms with Crippen LogP contribution in [0, 0.1) is 13.8 Å². The van der Waals surface area contributed by atoms with E-state index in [-0.39, 0.29) is 29.3 Å². The molecule has 1 atom stereocenters. The predicted octanol–water partition coefficient (Wildman–Crippen LogP) is 5.84. The molecule has 1 aliphatic rings. The van der Waals surface area contributed by atoms with Crippen LogP contribution >= 0.6 is 11.6 Å². The maximum Gasteiger partial charge on any atom is 0.409 e. The van der Waals surface area contributed by atoms with Crippen molar-refractivity contribution in [3.63, 3.8) is 0 Å². The Morgan fingerprint density at radius 1 is 1.04 bits per heavy atom. The van der Waals surface area contributed by atoms with Gasteiger partial charge in [0.1, 0.15) is 5.75 Å². The van der Waals surface area contributed by atoms with Crippen LogP contribution in [0.4, 0.5) is 4.79 Å². The number of hydrogen-bond acceptors (Lipinski definition) is 7. The summed E-state index contributed by atoms with van der Waals surface area (Å²) in [6.07, 6.45) is 3.08. The highest BCUT2D eigenvalue weighted by Crippen LogP contribution is 2.37. The van der Waals surface area contributed by atoms with E-state index in [9.17, 15) is 14.4 Å². The van der Waals surface area contributed by atoms with E-state index in [0.29, 0.717) is 53.0 Å². The molecule has 5 rings (SSSR count). The number of halogens is 1. The average Bonchev–Trinajstić information content (AvgIpc) is 3.29. The van der Waals surface area contributed by atoms with Gasteiger partial charge in [0.25, 0.3) is 5.56 Å². The number of nitrogens with one attached hydrogen (secondary N) is 1. The molecule has 1 saturated heterocycles. The number of nitrogens with zero attached hydrogens (tertiary/aromatic N) is 5. The first kappa shape index (κ1) is 32.5. The van der Waals surface area contributed by atoms with E-state index in [1.807, 2.05) is 36.9 Å². The van der Waals surface area contributed by atoms with Crippen molar-refractivity contribution < 1.29 is 14.3 Å². The Hall–Kier alpha value is -3.90. The van der Waals surface area contributed by atoms with Gasteiger partial charge < -0.3 is 19.4 Å². The summed E-state index contributed by atoms with van der Waals surface area (Å²) < 4.78 is 14.4. The van der Waals surface area contributed by atoms with Crippen molar-refractivity contribution in [2.24, 2.45) is 7.05 Å². The standard InChI is InChI=1S/C32H41ClN6O5Si/c1-20-15-21(2)17-22(16-20)28-29(43-12-10-23-9-7-8-11-38(23)32(42)44-13-14-45(4,5)6)24-18-27(39-31(41)37(3)35-36-39)25(33)19-26(24)34-30(28)40/h15-19,23H,7-14H2,1-6H3,(H,34,40). The van der Waals surface area contributed by atoms with Crippen molar-refractivity contribution in [3.05, 3.63) is 67.3 Å². The number of rotatable bonds is 9. The van der Waals surface area contributed by atoms with Crippen molar-refractivity contribution in [3.8, 4) is 22.6 Å². The summed E-state index contributed by atoms with van der Waals surface area (Å²) in [7, 11) is 0.174. The molecule has 0 saturated carbocycles. The number of hydrogen-bond donors (Lipinski definition) is 1. The average molecular weight is 653 g/mol. The number of aryl methyl sites for hydroxylation is 3. The summed E-state index contributed by atoms with van der Waals surface area (Å²) in [6.45, 7) is 12.1. The molecule has 0 radical (unpaired) electrons. The first-order valence-electron chi connectivity index (χ1n) is 15.4. The van der Waals surface area contributed by atoms with Gasteiger partial charge >= 0.3 is 11.8 Å². The number of amides is 1. The number of likely N-dealkylation sites (tertiary alicyclic amines) is 1. The van der Waals surface area contributed by atoms with Crippen LogP contribution in [0.3, 0.4) is 0 Å². The Bertz CT molecular complexity index is 1820. The highest BCUT2D eigenvalue weighted by Gasteiger charge is 2.29. The number of fused-ring (bicyclic) bond motifs is 1. The van der Waals surface area contributed by atoms with Crippen LogP contribution in [-0.2, 0) is 11.8 Å². The number of carbonyl (C=O) groups excluding carboxylic acids is 1. The monoisotopic (exact) mass is 652 g/mol. The molecule has 1 N–H and O–H groups in total. The van der Waals surface area contributed by atoms with E-state index in [2.05, 4.69) is 35.1 Å². The van der Waals surface area contributed by atoms with Gasteiger partial charge in [-0.15, -0.1) is 0 Å². The molecule has 0 bridgehead atoms. The van der Waals surface area contributed by atoms with Crippen LogP contribution < -0.4 is 16.0 Å². The van der Waals surface area contributed by atoms with Gasteiger partial charge in [-0.05, 0) is 67.3 Å². The quantitative estimate of drug-likeness (QED) is 0.225. The number of aromatic amines is 1. The van der Waals surface area contributed by atoms with Gasteiger partial charge in [0.05, 0.1) is 35.0 Å². The van der Waals surface area contributed by atoms with Gasteiger partial charge in [-0.2, -0.15) is 9.36 Å². The minimum absolute atomic E-state index is 0.0424. The zero-order valence-corrected chi connectivity index (χ0v) is 28.5. The molecule has 0 spiro atoms. The summed E-state index contributed by atoms with van der Waals surface area (Å²) in [5.41, 5.74) is 3.07. The van der Waals surface area contributed by atoms with E-state index in [1.54, 1.807) is 12.1 Å². The molecule has 2 aromatic heterocycles. The Balaban J connectivity index is 1.51.